The first-order valence-corrected chi connectivity index (χ1v) is 6.91. The molecule has 94 valence electrons. The number of aromatic nitrogens is 1. The van der Waals surface area contributed by atoms with Gasteiger partial charge in [0, 0.05) is 5.38 Å². The van der Waals surface area contributed by atoms with Gasteiger partial charge < -0.3 is 5.73 Å². The van der Waals surface area contributed by atoms with Crippen LogP contribution in [-0.2, 0) is 11.2 Å². The van der Waals surface area contributed by atoms with E-state index < -0.39 is 5.91 Å². The molecule has 18 heavy (non-hydrogen) atoms. The minimum atomic E-state index is -0.455. The summed E-state index contributed by atoms with van der Waals surface area (Å²) in [6.07, 6.45) is 0.0667. The average molecular weight is 302 g/mol. The summed E-state index contributed by atoms with van der Waals surface area (Å²) in [4.78, 5) is 27.1. The topological polar surface area (TPSA) is 85.1 Å². The molecule has 0 spiro atoms. The molecule has 2 amide bonds. The summed E-state index contributed by atoms with van der Waals surface area (Å²) in [7, 11) is 0. The number of carbonyl (C=O) groups excluding carboxylic acids is 2. The quantitative estimate of drug-likeness (QED) is 0.907. The van der Waals surface area contributed by atoms with Crippen molar-refractivity contribution in [2.45, 2.75) is 6.42 Å². The van der Waals surface area contributed by atoms with E-state index >= 15 is 0 Å². The Balaban J connectivity index is 2.03. The summed E-state index contributed by atoms with van der Waals surface area (Å²) < 4.78 is 0.550. The summed E-state index contributed by atoms with van der Waals surface area (Å²) in [5, 5.41) is 4.75. The van der Waals surface area contributed by atoms with Gasteiger partial charge >= 0.3 is 0 Å². The molecule has 2 rings (SSSR count). The molecular formula is C10H8ClN3O2S2. The third-order valence-corrected chi connectivity index (χ3v) is 3.96. The van der Waals surface area contributed by atoms with E-state index in [9.17, 15) is 9.59 Å². The molecule has 0 aliphatic rings. The molecule has 0 unspecified atom stereocenters. The van der Waals surface area contributed by atoms with Crippen LogP contribution in [0.1, 0.15) is 15.4 Å². The SMILES string of the molecule is NC(=O)Cc1csc(NC(=O)c2ccc(Cl)s2)n1. The molecule has 3 N–H and O–H groups in total. The Bertz CT molecular complexity index is 593. The van der Waals surface area contributed by atoms with Gasteiger partial charge in [-0.1, -0.05) is 11.6 Å². The predicted molar refractivity (Wildman–Crippen MR) is 72.3 cm³/mol. The normalized spacial score (nSPS) is 10.3. The second kappa shape index (κ2) is 5.47. The highest BCUT2D eigenvalue weighted by atomic mass is 35.5. The first kappa shape index (κ1) is 13.0. The van der Waals surface area contributed by atoms with Crippen molar-refractivity contribution in [1.29, 1.82) is 0 Å². The highest BCUT2D eigenvalue weighted by Gasteiger charge is 2.11. The van der Waals surface area contributed by atoms with Crippen LogP contribution in [0.25, 0.3) is 0 Å². The number of nitrogens with two attached hydrogens (primary N) is 1. The number of nitrogens with one attached hydrogen (secondary N) is 1. The lowest BCUT2D eigenvalue weighted by atomic mass is 10.3. The Kier molecular flexibility index (Phi) is 3.95. The molecule has 0 aliphatic carbocycles. The average Bonchev–Trinajstić information content (AvgIpc) is 2.87. The second-order valence-corrected chi connectivity index (χ2v) is 5.92. The van der Waals surface area contributed by atoms with Crippen LogP contribution in [-0.4, -0.2) is 16.8 Å². The monoisotopic (exact) mass is 301 g/mol. The lowest BCUT2D eigenvalue weighted by molar-refractivity contribution is -0.117. The van der Waals surface area contributed by atoms with E-state index in [1.165, 1.54) is 22.7 Å². The van der Waals surface area contributed by atoms with Gasteiger partial charge in [0.2, 0.25) is 5.91 Å². The first-order chi connectivity index (χ1) is 8.54. The molecule has 0 saturated heterocycles. The summed E-state index contributed by atoms with van der Waals surface area (Å²) in [6.45, 7) is 0. The number of hydrogen-bond acceptors (Lipinski definition) is 5. The molecule has 5 nitrogen and oxygen atoms in total. The Morgan fingerprint density at radius 2 is 2.22 bits per heavy atom. The Morgan fingerprint density at radius 1 is 1.44 bits per heavy atom. The highest BCUT2D eigenvalue weighted by Crippen LogP contribution is 2.23. The first-order valence-electron chi connectivity index (χ1n) is 4.84. The lowest BCUT2D eigenvalue weighted by Gasteiger charge is -1.97. The van der Waals surface area contributed by atoms with Crippen molar-refractivity contribution >= 4 is 51.2 Å². The fourth-order valence-corrected chi connectivity index (χ4v) is 2.86. The number of thiazole rings is 1. The van der Waals surface area contributed by atoms with Gasteiger partial charge in [0.05, 0.1) is 21.3 Å². The van der Waals surface area contributed by atoms with Gasteiger partial charge in [-0.05, 0) is 12.1 Å². The van der Waals surface area contributed by atoms with Gasteiger partial charge in [-0.25, -0.2) is 4.98 Å². The Morgan fingerprint density at radius 3 is 2.83 bits per heavy atom. The van der Waals surface area contributed by atoms with E-state index in [1.54, 1.807) is 17.5 Å². The van der Waals surface area contributed by atoms with Gasteiger partial charge in [-0.15, -0.1) is 22.7 Å². The molecule has 2 aromatic rings. The van der Waals surface area contributed by atoms with E-state index in [-0.39, 0.29) is 12.3 Å². The number of primary amides is 1. The number of rotatable bonds is 4. The minimum absolute atomic E-state index is 0.0667. The van der Waals surface area contributed by atoms with Crippen LogP contribution in [0, 0.1) is 0 Å². The number of anilines is 1. The molecule has 2 heterocycles. The van der Waals surface area contributed by atoms with Crippen LogP contribution >= 0.6 is 34.3 Å². The fourth-order valence-electron chi connectivity index (χ4n) is 1.22. The van der Waals surface area contributed by atoms with Crippen LogP contribution in [0.5, 0.6) is 0 Å². The number of nitrogens with zero attached hydrogens (tertiary/aromatic N) is 1. The van der Waals surface area contributed by atoms with E-state index in [2.05, 4.69) is 10.3 Å². The smallest absolute Gasteiger partial charge is 0.267 e. The maximum absolute atomic E-state index is 11.8. The molecule has 0 fully saturated rings. The third kappa shape index (κ3) is 3.28. The van der Waals surface area contributed by atoms with Crippen molar-refractivity contribution in [2.24, 2.45) is 5.73 Å². The standard InChI is InChI=1S/C10H8ClN3O2S2/c11-7-2-1-6(18-7)9(16)14-10-13-5(4-17-10)3-8(12)15/h1-2,4H,3H2,(H2,12,15)(H,13,14,16). The molecule has 0 aromatic carbocycles. The van der Waals surface area contributed by atoms with Crippen LogP contribution in [0.4, 0.5) is 5.13 Å². The Labute approximate surface area is 116 Å². The number of halogens is 1. The maximum Gasteiger partial charge on any atom is 0.267 e. The van der Waals surface area contributed by atoms with Crippen molar-refractivity contribution in [1.82, 2.24) is 4.98 Å². The summed E-state index contributed by atoms with van der Waals surface area (Å²) >= 11 is 8.17. The molecule has 0 atom stereocenters. The number of amides is 2. The van der Waals surface area contributed by atoms with Crippen molar-refractivity contribution in [3.63, 3.8) is 0 Å². The van der Waals surface area contributed by atoms with Crippen LogP contribution in [0.3, 0.4) is 0 Å². The molecule has 0 aliphatic heterocycles. The second-order valence-electron chi connectivity index (χ2n) is 3.34. The number of thiophene rings is 1. The van der Waals surface area contributed by atoms with Gasteiger partial charge in [-0.2, -0.15) is 0 Å². The molecule has 2 aromatic heterocycles. The van der Waals surface area contributed by atoms with Crippen molar-refractivity contribution in [3.8, 4) is 0 Å². The van der Waals surface area contributed by atoms with Crippen LogP contribution in [0.15, 0.2) is 17.5 Å². The van der Waals surface area contributed by atoms with Crippen molar-refractivity contribution in [2.75, 3.05) is 5.32 Å². The molecular weight excluding hydrogens is 294 g/mol. The predicted octanol–water partition coefficient (Wildman–Crippen LogP) is 2.14. The maximum atomic E-state index is 11.8. The molecule has 8 heteroatoms. The summed E-state index contributed by atoms with van der Waals surface area (Å²) in [6, 6.07) is 3.29. The van der Waals surface area contributed by atoms with Gasteiger partial charge in [-0.3, -0.25) is 14.9 Å². The fraction of sp³-hybridized carbons (Fsp3) is 0.100. The number of carbonyl (C=O) groups is 2. The zero-order valence-corrected chi connectivity index (χ0v) is 11.4. The highest BCUT2D eigenvalue weighted by molar-refractivity contribution is 7.18. The van der Waals surface area contributed by atoms with E-state index in [1.807, 2.05) is 0 Å². The molecule has 0 radical (unpaired) electrons. The van der Waals surface area contributed by atoms with E-state index in [4.69, 9.17) is 17.3 Å². The zero-order chi connectivity index (χ0) is 13.1. The zero-order valence-electron chi connectivity index (χ0n) is 8.97. The molecule has 0 bridgehead atoms. The number of hydrogen-bond donors (Lipinski definition) is 2. The van der Waals surface area contributed by atoms with Gasteiger partial charge in [0.15, 0.2) is 5.13 Å². The van der Waals surface area contributed by atoms with Crippen LogP contribution in [0.2, 0.25) is 4.34 Å². The van der Waals surface area contributed by atoms with E-state index in [0.717, 1.165) is 0 Å². The van der Waals surface area contributed by atoms with Gasteiger partial charge in [0.25, 0.3) is 5.91 Å². The Hall–Kier alpha value is -1.44. The summed E-state index contributed by atoms with van der Waals surface area (Å²) in [5.41, 5.74) is 5.60. The minimum Gasteiger partial charge on any atom is -0.369 e. The van der Waals surface area contributed by atoms with E-state index in [0.29, 0.717) is 20.0 Å². The lowest BCUT2D eigenvalue weighted by Crippen LogP contribution is -2.14. The largest absolute Gasteiger partial charge is 0.369 e. The van der Waals surface area contributed by atoms with Gasteiger partial charge in [0.1, 0.15) is 0 Å². The van der Waals surface area contributed by atoms with Crippen molar-refractivity contribution < 1.29 is 9.59 Å². The third-order valence-electron chi connectivity index (χ3n) is 1.92. The van der Waals surface area contributed by atoms with Crippen LogP contribution < -0.4 is 11.1 Å². The summed E-state index contributed by atoms with van der Waals surface area (Å²) in [5.74, 6) is -0.727. The molecule has 0 saturated carbocycles. The van der Waals surface area contributed by atoms with Crippen molar-refractivity contribution in [3.05, 3.63) is 32.4 Å².